The molecule has 1 aliphatic rings. The Hall–Kier alpha value is -2.81. The van der Waals surface area contributed by atoms with E-state index < -0.39 is 4.92 Å². The number of carbonyl (C=O) groups excluding carboxylic acids is 1. The lowest BCUT2D eigenvalue weighted by atomic mass is 10.1. The van der Waals surface area contributed by atoms with Gasteiger partial charge in [0.1, 0.15) is 5.01 Å². The fourth-order valence-corrected chi connectivity index (χ4v) is 4.34. The fourth-order valence-electron chi connectivity index (χ4n) is 3.37. The van der Waals surface area contributed by atoms with Crippen LogP contribution in [0.25, 0.3) is 11.3 Å². The Morgan fingerprint density at radius 2 is 1.87 bits per heavy atom. The van der Waals surface area contributed by atoms with E-state index in [0.717, 1.165) is 35.9 Å². The summed E-state index contributed by atoms with van der Waals surface area (Å²) >= 11 is 7.57. The van der Waals surface area contributed by atoms with Crippen molar-refractivity contribution in [1.29, 1.82) is 0 Å². The molecule has 1 saturated heterocycles. The van der Waals surface area contributed by atoms with Crippen molar-refractivity contribution >= 4 is 34.5 Å². The number of aromatic nitrogens is 1. The standard InChI is InChI=1S/C21H19ClN4O3S/c22-17-6-4-15(5-7-17)19-14-30-20(23-19)13-24-8-10-25(11-9-24)21(27)16-2-1-3-18(12-16)26(28)29/h1-7,12,14H,8-11,13H2. The van der Waals surface area contributed by atoms with Crippen LogP contribution in [-0.4, -0.2) is 51.8 Å². The van der Waals surface area contributed by atoms with E-state index in [1.165, 1.54) is 12.1 Å². The second-order valence-corrected chi connectivity index (χ2v) is 8.39. The van der Waals surface area contributed by atoms with Gasteiger partial charge in [-0.25, -0.2) is 4.98 Å². The summed E-state index contributed by atoms with van der Waals surface area (Å²) < 4.78 is 0. The lowest BCUT2D eigenvalue weighted by Crippen LogP contribution is -2.48. The molecule has 0 spiro atoms. The smallest absolute Gasteiger partial charge is 0.270 e. The predicted octanol–water partition coefficient (Wildman–Crippen LogP) is 4.33. The third-order valence-corrected chi connectivity index (χ3v) is 6.10. The van der Waals surface area contributed by atoms with E-state index in [0.29, 0.717) is 23.7 Å². The monoisotopic (exact) mass is 442 g/mol. The van der Waals surface area contributed by atoms with Gasteiger partial charge in [0.25, 0.3) is 11.6 Å². The Bertz CT molecular complexity index is 1060. The first-order chi connectivity index (χ1) is 14.5. The number of hydrogen-bond acceptors (Lipinski definition) is 6. The number of amides is 1. The van der Waals surface area contributed by atoms with Crippen LogP contribution in [0.3, 0.4) is 0 Å². The van der Waals surface area contributed by atoms with Gasteiger partial charge in [0, 0.05) is 59.8 Å². The van der Waals surface area contributed by atoms with Crippen molar-refractivity contribution in [3.8, 4) is 11.3 Å². The van der Waals surface area contributed by atoms with Gasteiger partial charge in [0.15, 0.2) is 0 Å². The van der Waals surface area contributed by atoms with Crippen LogP contribution in [0.1, 0.15) is 15.4 Å². The van der Waals surface area contributed by atoms with Crippen molar-refractivity contribution in [3.05, 3.63) is 79.6 Å². The Morgan fingerprint density at radius 3 is 2.57 bits per heavy atom. The zero-order valence-electron chi connectivity index (χ0n) is 16.0. The van der Waals surface area contributed by atoms with Gasteiger partial charge in [-0.15, -0.1) is 11.3 Å². The van der Waals surface area contributed by atoms with Crippen LogP contribution < -0.4 is 0 Å². The van der Waals surface area contributed by atoms with Gasteiger partial charge in [-0.1, -0.05) is 29.8 Å². The minimum Gasteiger partial charge on any atom is -0.336 e. The van der Waals surface area contributed by atoms with Crippen molar-refractivity contribution < 1.29 is 9.72 Å². The van der Waals surface area contributed by atoms with Crippen LogP contribution in [0.15, 0.2) is 53.9 Å². The highest BCUT2D eigenvalue weighted by Crippen LogP contribution is 2.24. The van der Waals surface area contributed by atoms with E-state index in [-0.39, 0.29) is 11.6 Å². The van der Waals surface area contributed by atoms with Gasteiger partial charge in [-0.3, -0.25) is 19.8 Å². The summed E-state index contributed by atoms with van der Waals surface area (Å²) in [7, 11) is 0. The topological polar surface area (TPSA) is 79.6 Å². The van der Waals surface area contributed by atoms with Gasteiger partial charge in [0.2, 0.25) is 0 Å². The summed E-state index contributed by atoms with van der Waals surface area (Å²) in [4.78, 5) is 31.9. The summed E-state index contributed by atoms with van der Waals surface area (Å²) in [6, 6.07) is 13.5. The Morgan fingerprint density at radius 1 is 1.13 bits per heavy atom. The first kappa shape index (κ1) is 20.5. The Labute approximate surface area is 182 Å². The lowest BCUT2D eigenvalue weighted by Gasteiger charge is -2.34. The molecule has 2 heterocycles. The number of hydrogen-bond donors (Lipinski definition) is 0. The highest BCUT2D eigenvalue weighted by molar-refractivity contribution is 7.09. The molecule has 0 bridgehead atoms. The van der Waals surface area contributed by atoms with Crippen molar-refractivity contribution in [2.75, 3.05) is 26.2 Å². The van der Waals surface area contributed by atoms with Gasteiger partial charge in [-0.05, 0) is 18.2 Å². The molecule has 0 unspecified atom stereocenters. The zero-order valence-corrected chi connectivity index (χ0v) is 17.6. The highest BCUT2D eigenvalue weighted by Gasteiger charge is 2.23. The van der Waals surface area contributed by atoms with Crippen LogP contribution in [-0.2, 0) is 6.54 Å². The van der Waals surface area contributed by atoms with Crippen LogP contribution in [0.2, 0.25) is 5.02 Å². The number of benzene rings is 2. The second kappa shape index (κ2) is 8.91. The Kier molecular flexibility index (Phi) is 6.08. The summed E-state index contributed by atoms with van der Waals surface area (Å²) in [5.41, 5.74) is 2.25. The SMILES string of the molecule is O=C(c1cccc([N+](=O)[O-])c1)N1CCN(Cc2nc(-c3ccc(Cl)cc3)cs2)CC1. The predicted molar refractivity (Wildman–Crippen MR) is 117 cm³/mol. The second-order valence-electron chi connectivity index (χ2n) is 7.01. The molecule has 2 aromatic carbocycles. The van der Waals surface area contributed by atoms with Crippen LogP contribution in [0.5, 0.6) is 0 Å². The van der Waals surface area contributed by atoms with E-state index in [2.05, 4.69) is 4.90 Å². The summed E-state index contributed by atoms with van der Waals surface area (Å²) in [6.07, 6.45) is 0. The highest BCUT2D eigenvalue weighted by atomic mass is 35.5. The molecule has 0 saturated carbocycles. The van der Waals surface area contributed by atoms with Crippen LogP contribution >= 0.6 is 22.9 Å². The molecule has 3 aromatic rings. The lowest BCUT2D eigenvalue weighted by molar-refractivity contribution is -0.384. The molecule has 1 fully saturated rings. The number of halogens is 1. The molecule has 7 nitrogen and oxygen atoms in total. The summed E-state index contributed by atoms with van der Waals surface area (Å²) in [5, 5.41) is 14.7. The molecule has 154 valence electrons. The van der Waals surface area contributed by atoms with E-state index in [1.807, 2.05) is 29.6 Å². The van der Waals surface area contributed by atoms with Crippen molar-refractivity contribution in [1.82, 2.24) is 14.8 Å². The molecule has 0 aliphatic carbocycles. The first-order valence-corrected chi connectivity index (χ1v) is 10.7. The van der Waals surface area contributed by atoms with Crippen molar-refractivity contribution in [2.24, 2.45) is 0 Å². The minimum atomic E-state index is -0.485. The van der Waals surface area contributed by atoms with Gasteiger partial charge in [-0.2, -0.15) is 0 Å². The largest absolute Gasteiger partial charge is 0.336 e. The maximum atomic E-state index is 12.7. The van der Waals surface area contributed by atoms with Crippen LogP contribution in [0, 0.1) is 10.1 Å². The van der Waals surface area contributed by atoms with Gasteiger partial charge < -0.3 is 4.90 Å². The molecular formula is C21H19ClN4O3S. The molecule has 9 heteroatoms. The molecule has 0 atom stereocenters. The molecule has 30 heavy (non-hydrogen) atoms. The number of nitro groups is 1. The molecular weight excluding hydrogens is 424 g/mol. The quantitative estimate of drug-likeness (QED) is 0.434. The van der Waals surface area contributed by atoms with Gasteiger partial charge >= 0.3 is 0 Å². The van der Waals surface area contributed by atoms with Crippen molar-refractivity contribution in [2.45, 2.75) is 6.54 Å². The maximum absolute atomic E-state index is 12.7. The third-order valence-electron chi connectivity index (χ3n) is 5.01. The van der Waals surface area contributed by atoms with E-state index in [4.69, 9.17) is 16.6 Å². The molecule has 4 rings (SSSR count). The number of piperazine rings is 1. The fraction of sp³-hybridized carbons (Fsp3) is 0.238. The third kappa shape index (κ3) is 4.67. The molecule has 0 radical (unpaired) electrons. The zero-order chi connectivity index (χ0) is 21.1. The summed E-state index contributed by atoms with van der Waals surface area (Å²) in [5.74, 6) is -0.169. The van der Waals surface area contributed by atoms with Crippen molar-refractivity contribution in [3.63, 3.8) is 0 Å². The number of rotatable bonds is 5. The normalized spacial score (nSPS) is 14.6. The molecule has 1 aromatic heterocycles. The number of nitro benzene ring substituents is 1. The average Bonchev–Trinajstić information content (AvgIpc) is 3.23. The molecule has 0 N–H and O–H groups in total. The number of non-ortho nitro benzene ring substituents is 1. The average molecular weight is 443 g/mol. The molecule has 1 amide bonds. The van der Waals surface area contributed by atoms with E-state index >= 15 is 0 Å². The number of carbonyl (C=O) groups is 1. The van der Waals surface area contributed by atoms with Crippen LogP contribution in [0.4, 0.5) is 5.69 Å². The van der Waals surface area contributed by atoms with Gasteiger partial charge in [0.05, 0.1) is 17.2 Å². The van der Waals surface area contributed by atoms with E-state index in [1.54, 1.807) is 28.4 Å². The summed E-state index contributed by atoms with van der Waals surface area (Å²) in [6.45, 7) is 3.36. The number of nitrogens with zero attached hydrogens (tertiary/aromatic N) is 4. The molecule has 1 aliphatic heterocycles. The minimum absolute atomic E-state index is 0.0697. The Balaban J connectivity index is 1.34. The van der Waals surface area contributed by atoms with E-state index in [9.17, 15) is 14.9 Å². The first-order valence-electron chi connectivity index (χ1n) is 9.46. The number of thiazole rings is 1. The maximum Gasteiger partial charge on any atom is 0.270 e.